The Bertz CT molecular complexity index is 236. The molecule has 0 aromatic rings. The number of aliphatic carboxylic acids is 1. The van der Waals surface area contributed by atoms with Gasteiger partial charge in [-0.3, -0.25) is 0 Å². The van der Waals surface area contributed by atoms with Crippen LogP contribution in [0.1, 0.15) is 32.6 Å². The molecule has 0 atom stereocenters. The van der Waals surface area contributed by atoms with Crippen molar-refractivity contribution in [2.24, 2.45) is 5.73 Å². The molecule has 0 aliphatic carbocycles. The fraction of sp³-hybridized carbons (Fsp3) is 0.556. The normalized spacial score (nSPS) is 11.1. The van der Waals surface area contributed by atoms with E-state index in [1.807, 2.05) is 0 Å². The maximum atomic E-state index is 10.6. The molecule has 0 radical (unpaired) electrons. The Balaban J connectivity index is 4.06. The first-order valence-electron chi connectivity index (χ1n) is 4.57. The summed E-state index contributed by atoms with van der Waals surface area (Å²) in [4.78, 5) is 21.0. The number of nitrogens with two attached hydrogens (primary N) is 1. The van der Waals surface area contributed by atoms with Gasteiger partial charge in [0.2, 0.25) is 0 Å². The number of urea groups is 1. The van der Waals surface area contributed by atoms with Crippen LogP contribution in [0, 0.1) is 0 Å². The molecule has 0 bridgehead atoms. The van der Waals surface area contributed by atoms with Crippen LogP contribution in [0.4, 0.5) is 4.79 Å². The standard InChI is InChI=1S/C9H16N2O3/c1-2-3-4-5-6-7(8(12)13)11-9(10)14/h6H,2-5H2,1H3,(H,12,13)(H3,10,11,14)/b7-6-. The number of nitrogens with one attached hydrogen (secondary N) is 1. The van der Waals surface area contributed by atoms with E-state index in [0.717, 1.165) is 19.3 Å². The van der Waals surface area contributed by atoms with Crippen LogP contribution >= 0.6 is 0 Å². The molecule has 0 heterocycles. The van der Waals surface area contributed by atoms with E-state index in [1.54, 1.807) is 0 Å². The molecule has 0 aromatic carbocycles. The molecule has 4 N–H and O–H groups in total. The molecule has 0 unspecified atom stereocenters. The lowest BCUT2D eigenvalue weighted by Crippen LogP contribution is -2.32. The molecule has 5 heteroatoms. The second-order valence-electron chi connectivity index (χ2n) is 2.91. The smallest absolute Gasteiger partial charge is 0.352 e. The third-order valence-corrected chi connectivity index (χ3v) is 1.64. The lowest BCUT2D eigenvalue weighted by molar-refractivity contribution is -0.133. The van der Waals surface area contributed by atoms with Crippen molar-refractivity contribution >= 4 is 12.0 Å². The van der Waals surface area contributed by atoms with Gasteiger partial charge in [0.05, 0.1) is 0 Å². The summed E-state index contributed by atoms with van der Waals surface area (Å²) in [6, 6.07) is -0.853. The number of unbranched alkanes of at least 4 members (excludes halogenated alkanes) is 3. The van der Waals surface area contributed by atoms with Crippen molar-refractivity contribution in [1.29, 1.82) is 0 Å². The number of allylic oxidation sites excluding steroid dienone is 1. The van der Waals surface area contributed by atoms with Gasteiger partial charge in [-0.1, -0.05) is 25.8 Å². The van der Waals surface area contributed by atoms with Crippen molar-refractivity contribution in [2.75, 3.05) is 0 Å². The van der Waals surface area contributed by atoms with Crippen molar-refractivity contribution in [1.82, 2.24) is 5.32 Å². The molecule has 0 saturated heterocycles. The highest BCUT2D eigenvalue weighted by Crippen LogP contribution is 2.02. The predicted octanol–water partition coefficient (Wildman–Crippen LogP) is 1.20. The van der Waals surface area contributed by atoms with Crippen LogP contribution in [0.5, 0.6) is 0 Å². The highest BCUT2D eigenvalue weighted by Gasteiger charge is 2.07. The van der Waals surface area contributed by atoms with Crippen LogP contribution < -0.4 is 11.1 Å². The second-order valence-corrected chi connectivity index (χ2v) is 2.91. The average molecular weight is 200 g/mol. The van der Waals surface area contributed by atoms with Crippen LogP contribution in [0.3, 0.4) is 0 Å². The van der Waals surface area contributed by atoms with Crippen LogP contribution in [-0.2, 0) is 4.79 Å². The van der Waals surface area contributed by atoms with Gasteiger partial charge in [-0.2, -0.15) is 0 Å². The molecular weight excluding hydrogens is 184 g/mol. The van der Waals surface area contributed by atoms with Crippen molar-refractivity contribution in [3.8, 4) is 0 Å². The summed E-state index contributed by atoms with van der Waals surface area (Å²) in [5.74, 6) is -1.17. The zero-order valence-electron chi connectivity index (χ0n) is 8.25. The third-order valence-electron chi connectivity index (χ3n) is 1.64. The minimum atomic E-state index is -1.17. The molecule has 0 fully saturated rings. The highest BCUT2D eigenvalue weighted by atomic mass is 16.4. The fourth-order valence-electron chi connectivity index (χ4n) is 0.965. The van der Waals surface area contributed by atoms with Gasteiger partial charge in [-0.15, -0.1) is 0 Å². The number of carbonyl (C=O) groups excluding carboxylic acids is 1. The van der Waals surface area contributed by atoms with Gasteiger partial charge in [-0.25, -0.2) is 9.59 Å². The van der Waals surface area contributed by atoms with E-state index in [2.05, 4.69) is 12.2 Å². The Morgan fingerprint density at radius 1 is 1.43 bits per heavy atom. The number of carboxylic acids is 1. The number of carbonyl (C=O) groups is 2. The Kier molecular flexibility index (Phi) is 6.19. The van der Waals surface area contributed by atoms with E-state index in [-0.39, 0.29) is 5.70 Å². The SMILES string of the molecule is CCCCC/C=C(\NC(N)=O)C(=O)O. The van der Waals surface area contributed by atoms with Crippen LogP contribution in [0.25, 0.3) is 0 Å². The van der Waals surface area contributed by atoms with Gasteiger partial charge in [0, 0.05) is 0 Å². The van der Waals surface area contributed by atoms with E-state index >= 15 is 0 Å². The lowest BCUT2D eigenvalue weighted by Gasteiger charge is -2.01. The van der Waals surface area contributed by atoms with Crippen LogP contribution in [-0.4, -0.2) is 17.1 Å². The van der Waals surface area contributed by atoms with Crippen molar-refractivity contribution in [3.63, 3.8) is 0 Å². The number of hydrogen-bond donors (Lipinski definition) is 3. The van der Waals surface area contributed by atoms with Crippen LogP contribution in [0.2, 0.25) is 0 Å². The van der Waals surface area contributed by atoms with Crippen LogP contribution in [0.15, 0.2) is 11.8 Å². The molecular formula is C9H16N2O3. The Labute approximate surface area is 83.0 Å². The molecule has 0 spiro atoms. The minimum absolute atomic E-state index is 0.145. The molecule has 80 valence electrons. The van der Waals surface area contributed by atoms with Gasteiger partial charge >= 0.3 is 12.0 Å². The van der Waals surface area contributed by atoms with Gasteiger partial charge < -0.3 is 16.2 Å². The topological polar surface area (TPSA) is 92.4 Å². The molecule has 0 saturated carbocycles. The van der Waals surface area contributed by atoms with Crippen molar-refractivity contribution < 1.29 is 14.7 Å². The highest BCUT2D eigenvalue weighted by molar-refractivity contribution is 5.91. The summed E-state index contributed by atoms with van der Waals surface area (Å²) in [5, 5.41) is 10.7. The number of hydrogen-bond acceptors (Lipinski definition) is 2. The lowest BCUT2D eigenvalue weighted by atomic mass is 10.2. The summed E-state index contributed by atoms with van der Waals surface area (Å²) in [6.45, 7) is 2.06. The molecule has 0 aromatic heterocycles. The van der Waals surface area contributed by atoms with Crippen molar-refractivity contribution in [2.45, 2.75) is 32.6 Å². The Hall–Kier alpha value is -1.52. The zero-order valence-corrected chi connectivity index (χ0v) is 8.25. The second kappa shape index (κ2) is 6.94. The first-order chi connectivity index (χ1) is 6.57. The largest absolute Gasteiger partial charge is 0.477 e. The molecule has 5 nitrogen and oxygen atoms in total. The van der Waals surface area contributed by atoms with Gasteiger partial charge in [0.1, 0.15) is 5.70 Å². The first-order valence-corrected chi connectivity index (χ1v) is 4.57. The maximum absolute atomic E-state index is 10.6. The Morgan fingerprint density at radius 2 is 2.07 bits per heavy atom. The summed E-state index contributed by atoms with van der Waals surface area (Å²) in [7, 11) is 0. The minimum Gasteiger partial charge on any atom is -0.477 e. The number of rotatable bonds is 6. The average Bonchev–Trinajstić information content (AvgIpc) is 2.09. The molecule has 0 rings (SSSR count). The summed E-state index contributed by atoms with van der Waals surface area (Å²) < 4.78 is 0. The zero-order chi connectivity index (χ0) is 11.0. The summed E-state index contributed by atoms with van der Waals surface area (Å²) >= 11 is 0. The molecule has 14 heavy (non-hydrogen) atoms. The van der Waals surface area contributed by atoms with Gasteiger partial charge in [-0.05, 0) is 12.8 Å². The first kappa shape index (κ1) is 12.5. The van der Waals surface area contributed by atoms with E-state index in [4.69, 9.17) is 10.8 Å². The monoisotopic (exact) mass is 200 g/mol. The maximum Gasteiger partial charge on any atom is 0.352 e. The molecule has 0 aliphatic heterocycles. The summed E-state index contributed by atoms with van der Waals surface area (Å²) in [5.41, 5.74) is 4.66. The Morgan fingerprint density at radius 3 is 2.50 bits per heavy atom. The number of primary amides is 1. The third kappa shape index (κ3) is 6.05. The quantitative estimate of drug-likeness (QED) is 0.444. The van der Waals surface area contributed by atoms with E-state index in [1.165, 1.54) is 6.08 Å². The number of amides is 2. The summed E-state index contributed by atoms with van der Waals surface area (Å²) in [6.07, 6.45) is 5.13. The fourth-order valence-corrected chi connectivity index (χ4v) is 0.965. The van der Waals surface area contributed by atoms with E-state index in [0.29, 0.717) is 6.42 Å². The predicted molar refractivity (Wildman–Crippen MR) is 52.6 cm³/mol. The number of carboxylic acid groups (broad SMARTS) is 1. The van der Waals surface area contributed by atoms with Gasteiger partial charge in [0.25, 0.3) is 0 Å². The van der Waals surface area contributed by atoms with E-state index < -0.39 is 12.0 Å². The molecule has 0 aliphatic rings. The van der Waals surface area contributed by atoms with E-state index in [9.17, 15) is 9.59 Å². The van der Waals surface area contributed by atoms with Gasteiger partial charge in [0.15, 0.2) is 0 Å². The van der Waals surface area contributed by atoms with Crippen molar-refractivity contribution in [3.05, 3.63) is 11.8 Å². The molecule has 2 amide bonds.